The molecule has 0 aromatic carbocycles. The second-order valence-electron chi connectivity index (χ2n) is 10.0. The molecule has 2 aliphatic heterocycles. The van der Waals surface area contributed by atoms with Crippen LogP contribution >= 0.6 is 11.3 Å². The van der Waals surface area contributed by atoms with Crippen LogP contribution < -0.4 is 4.90 Å². The van der Waals surface area contributed by atoms with Crippen LogP contribution in [-0.4, -0.2) is 86.5 Å². The zero-order valence-electron chi connectivity index (χ0n) is 20.5. The van der Waals surface area contributed by atoms with Crippen molar-refractivity contribution in [2.75, 3.05) is 50.7 Å². The maximum Gasteiger partial charge on any atom is 0.236 e. The van der Waals surface area contributed by atoms with Crippen molar-refractivity contribution >= 4 is 33.3 Å². The minimum absolute atomic E-state index is 0.231. The van der Waals surface area contributed by atoms with Crippen LogP contribution in [0, 0.1) is 0 Å². The molecule has 1 unspecified atom stereocenters. The molecule has 35 heavy (non-hydrogen) atoms. The summed E-state index contributed by atoms with van der Waals surface area (Å²) >= 11 is 1.75. The van der Waals surface area contributed by atoms with Gasteiger partial charge in [-0.25, -0.2) is 9.97 Å². The summed E-state index contributed by atoms with van der Waals surface area (Å²) in [6.45, 7) is 7.57. The summed E-state index contributed by atoms with van der Waals surface area (Å²) in [6, 6.07) is 2.50. The Bertz CT molecular complexity index is 1170. The summed E-state index contributed by atoms with van der Waals surface area (Å²) in [6.07, 6.45) is 9.42. The van der Waals surface area contributed by atoms with Crippen LogP contribution in [-0.2, 0) is 24.1 Å². The second-order valence-corrected chi connectivity index (χ2v) is 11.1. The topological polar surface area (TPSA) is 83.3 Å². The third-order valence-corrected chi connectivity index (χ3v) is 8.85. The largest absolute Gasteiger partial charge is 0.352 e. The Kier molecular flexibility index (Phi) is 6.40. The van der Waals surface area contributed by atoms with Crippen molar-refractivity contribution in [2.45, 2.75) is 57.9 Å². The van der Waals surface area contributed by atoms with E-state index in [0.717, 1.165) is 87.4 Å². The van der Waals surface area contributed by atoms with Crippen molar-refractivity contribution in [1.82, 2.24) is 34.8 Å². The molecule has 0 bridgehead atoms. The van der Waals surface area contributed by atoms with Gasteiger partial charge in [-0.05, 0) is 57.6 Å². The van der Waals surface area contributed by atoms with Crippen molar-refractivity contribution in [3.05, 3.63) is 28.7 Å². The Labute approximate surface area is 210 Å². The fourth-order valence-electron chi connectivity index (χ4n) is 5.66. The molecule has 2 saturated heterocycles. The zero-order chi connectivity index (χ0) is 23.8. The van der Waals surface area contributed by atoms with Gasteiger partial charge in [-0.2, -0.15) is 15.0 Å². The van der Waals surface area contributed by atoms with Crippen molar-refractivity contribution in [2.24, 2.45) is 0 Å². The van der Waals surface area contributed by atoms with Crippen molar-refractivity contribution < 1.29 is 4.79 Å². The highest BCUT2D eigenvalue weighted by Crippen LogP contribution is 2.31. The van der Waals surface area contributed by atoms with Gasteiger partial charge in [-0.1, -0.05) is 6.92 Å². The van der Waals surface area contributed by atoms with Crippen LogP contribution in [0.15, 0.2) is 12.4 Å². The first kappa shape index (κ1) is 22.8. The van der Waals surface area contributed by atoms with Gasteiger partial charge in [0.05, 0.1) is 29.4 Å². The van der Waals surface area contributed by atoms with Gasteiger partial charge in [0.25, 0.3) is 0 Å². The number of anilines is 1. The number of piperidine rings is 1. The first-order valence-corrected chi connectivity index (χ1v) is 13.9. The molecular formula is C25H34N8OS. The number of aromatic nitrogens is 5. The summed E-state index contributed by atoms with van der Waals surface area (Å²) in [4.78, 5) is 33.2. The van der Waals surface area contributed by atoms with Gasteiger partial charge >= 0.3 is 0 Å². The number of likely N-dealkylation sites (tertiary alicyclic amines) is 1. The van der Waals surface area contributed by atoms with Gasteiger partial charge in [0.1, 0.15) is 17.0 Å². The first-order valence-electron chi connectivity index (χ1n) is 13.1. The van der Waals surface area contributed by atoms with Gasteiger partial charge in [-0.15, -0.1) is 11.3 Å². The van der Waals surface area contributed by atoms with Gasteiger partial charge in [0, 0.05) is 37.6 Å². The van der Waals surface area contributed by atoms with E-state index in [9.17, 15) is 4.79 Å². The molecule has 2 fully saturated rings. The summed E-state index contributed by atoms with van der Waals surface area (Å²) in [7, 11) is 0. The maximum atomic E-state index is 13.2. The molecule has 0 N–H and O–H groups in total. The smallest absolute Gasteiger partial charge is 0.236 e. The zero-order valence-corrected chi connectivity index (χ0v) is 21.3. The molecule has 6 rings (SSSR count). The number of nitrogens with zero attached hydrogens (tertiary/aromatic N) is 8. The fraction of sp³-hybridized carbons (Fsp3) is 0.640. The lowest BCUT2D eigenvalue weighted by Gasteiger charge is -2.37. The van der Waals surface area contributed by atoms with E-state index in [2.05, 4.69) is 32.8 Å². The van der Waals surface area contributed by atoms with E-state index < -0.39 is 0 Å². The number of carbonyl (C=O) groups excluding carboxylic acids is 1. The molecule has 0 radical (unpaired) electrons. The van der Waals surface area contributed by atoms with Gasteiger partial charge < -0.3 is 9.80 Å². The molecule has 1 aliphatic carbocycles. The number of fused-ring (bicyclic) bond motifs is 2. The Hall–Kier alpha value is -2.59. The number of hydrogen-bond acceptors (Lipinski definition) is 8. The van der Waals surface area contributed by atoms with E-state index in [1.165, 1.54) is 29.1 Å². The number of aryl methyl sites for hydroxylation is 3. The quantitative estimate of drug-likeness (QED) is 0.539. The Morgan fingerprint density at radius 1 is 1.03 bits per heavy atom. The fourth-order valence-corrected chi connectivity index (χ4v) is 6.59. The van der Waals surface area contributed by atoms with Crippen LogP contribution in [0.4, 0.5) is 5.82 Å². The van der Waals surface area contributed by atoms with E-state index >= 15 is 0 Å². The lowest BCUT2D eigenvalue weighted by Crippen LogP contribution is -2.52. The molecule has 3 aliphatic rings. The molecule has 0 spiro atoms. The normalized spacial score (nSPS) is 21.5. The van der Waals surface area contributed by atoms with E-state index in [4.69, 9.17) is 10.2 Å². The Morgan fingerprint density at radius 2 is 1.80 bits per heavy atom. The highest BCUT2D eigenvalue weighted by Gasteiger charge is 2.29. The van der Waals surface area contributed by atoms with Crippen molar-refractivity contribution in [3.8, 4) is 0 Å². The van der Waals surface area contributed by atoms with E-state index in [1.807, 2.05) is 9.70 Å². The summed E-state index contributed by atoms with van der Waals surface area (Å²) in [5.41, 5.74) is 2.38. The SMILES string of the molecule is CCc1cc2c(N3CCN(C(=O)CN4CCCC(n5nc6c(n5)CCCC6)C4)CC3)ncnc2s1. The lowest BCUT2D eigenvalue weighted by molar-refractivity contribution is -0.133. The maximum absolute atomic E-state index is 13.2. The third-order valence-electron chi connectivity index (χ3n) is 7.66. The van der Waals surface area contributed by atoms with Crippen LogP contribution in [0.25, 0.3) is 10.2 Å². The predicted molar refractivity (Wildman–Crippen MR) is 137 cm³/mol. The average Bonchev–Trinajstić information content (AvgIpc) is 3.53. The summed E-state index contributed by atoms with van der Waals surface area (Å²) in [5, 5.41) is 10.8. The lowest BCUT2D eigenvalue weighted by atomic mass is 10.0. The van der Waals surface area contributed by atoms with E-state index in [0.29, 0.717) is 6.54 Å². The van der Waals surface area contributed by atoms with Gasteiger partial charge in [0.15, 0.2) is 0 Å². The van der Waals surface area contributed by atoms with E-state index in [-0.39, 0.29) is 11.9 Å². The molecule has 186 valence electrons. The second kappa shape index (κ2) is 9.81. The van der Waals surface area contributed by atoms with Crippen LogP contribution in [0.2, 0.25) is 0 Å². The van der Waals surface area contributed by atoms with E-state index in [1.54, 1.807) is 17.7 Å². The Balaban J connectivity index is 1.05. The van der Waals surface area contributed by atoms with Crippen LogP contribution in [0.1, 0.15) is 54.9 Å². The molecule has 10 heteroatoms. The molecular weight excluding hydrogens is 460 g/mol. The predicted octanol–water partition coefficient (Wildman–Crippen LogP) is 2.71. The van der Waals surface area contributed by atoms with Crippen molar-refractivity contribution in [1.29, 1.82) is 0 Å². The summed E-state index contributed by atoms with van der Waals surface area (Å²) in [5.74, 6) is 1.24. The minimum Gasteiger partial charge on any atom is -0.352 e. The summed E-state index contributed by atoms with van der Waals surface area (Å²) < 4.78 is 0. The highest BCUT2D eigenvalue weighted by atomic mass is 32.1. The number of piperazine rings is 1. The molecule has 9 nitrogen and oxygen atoms in total. The minimum atomic E-state index is 0.231. The number of hydrogen-bond donors (Lipinski definition) is 0. The highest BCUT2D eigenvalue weighted by molar-refractivity contribution is 7.18. The molecule has 3 aromatic rings. The van der Waals surface area contributed by atoms with Crippen molar-refractivity contribution in [3.63, 3.8) is 0 Å². The standard InChI is InChI=1S/C25H34N8OS/c1-2-19-14-20-24(26-17-27-25(20)35-19)32-12-10-31(11-13-32)23(34)16-30-9-5-6-18(15-30)33-28-21-7-3-4-8-22(21)29-33/h14,17-18H,2-13,15-16H2,1H3. The van der Waals surface area contributed by atoms with Crippen LogP contribution in [0.3, 0.4) is 0 Å². The number of amides is 1. The number of carbonyl (C=O) groups is 1. The number of rotatable bonds is 5. The molecule has 5 heterocycles. The Morgan fingerprint density at radius 3 is 2.54 bits per heavy atom. The molecule has 0 saturated carbocycles. The number of thiophene rings is 1. The molecule has 3 aromatic heterocycles. The molecule has 1 atom stereocenters. The van der Waals surface area contributed by atoms with Gasteiger partial charge in [0.2, 0.25) is 5.91 Å². The van der Waals surface area contributed by atoms with Crippen LogP contribution in [0.5, 0.6) is 0 Å². The van der Waals surface area contributed by atoms with Gasteiger partial charge in [-0.3, -0.25) is 9.69 Å². The third kappa shape index (κ3) is 4.65. The molecule has 1 amide bonds. The average molecular weight is 495 g/mol. The monoisotopic (exact) mass is 494 g/mol. The first-order chi connectivity index (χ1) is 17.2.